The Balaban J connectivity index is 1.73. The van der Waals surface area contributed by atoms with Crippen LogP contribution in [0.2, 0.25) is 0 Å². The summed E-state index contributed by atoms with van der Waals surface area (Å²) in [6, 6.07) is 15.0. The summed E-state index contributed by atoms with van der Waals surface area (Å²) in [6.07, 6.45) is 3.06. The summed E-state index contributed by atoms with van der Waals surface area (Å²) in [4.78, 5) is 17.0. The maximum atomic E-state index is 12.9. The molecule has 1 aliphatic heterocycles. The van der Waals surface area contributed by atoms with Crippen LogP contribution in [0.1, 0.15) is 29.5 Å². The number of hydrogen-bond donors (Lipinski definition) is 1. The Kier molecular flexibility index (Phi) is 5.50. The minimum Gasteiger partial charge on any atom is -0.378 e. The molecule has 4 nitrogen and oxygen atoms in total. The standard InChI is InChI=1S/C22H29N3O/c1-16-13-20(24(3)4)14-17(2)21(16)23-22(26)25-12-8-11-19(25)15-18-9-6-5-7-10-18/h5-7,9-10,13-14,19H,8,11-12,15H2,1-4H3,(H,23,26)/t19-/m1/s1. The van der Waals surface area contributed by atoms with Crippen molar-refractivity contribution in [2.24, 2.45) is 0 Å². The van der Waals surface area contributed by atoms with Gasteiger partial charge in [0.15, 0.2) is 0 Å². The molecule has 4 heteroatoms. The number of nitrogens with one attached hydrogen (secondary N) is 1. The second kappa shape index (κ2) is 7.81. The highest BCUT2D eigenvalue weighted by molar-refractivity contribution is 5.92. The summed E-state index contributed by atoms with van der Waals surface area (Å²) >= 11 is 0. The molecule has 0 unspecified atom stereocenters. The molecule has 2 amide bonds. The van der Waals surface area contributed by atoms with E-state index in [0.717, 1.165) is 48.3 Å². The van der Waals surface area contributed by atoms with Gasteiger partial charge in [0, 0.05) is 38.1 Å². The van der Waals surface area contributed by atoms with Gasteiger partial charge < -0.3 is 15.1 Å². The third-order valence-electron chi connectivity index (χ3n) is 5.22. The van der Waals surface area contributed by atoms with Crippen LogP contribution in [0.3, 0.4) is 0 Å². The summed E-state index contributed by atoms with van der Waals surface area (Å²) in [7, 11) is 4.07. The minimum absolute atomic E-state index is 0.0206. The van der Waals surface area contributed by atoms with Gasteiger partial charge in [0.1, 0.15) is 0 Å². The van der Waals surface area contributed by atoms with Crippen molar-refractivity contribution in [1.29, 1.82) is 0 Å². The highest BCUT2D eigenvalue weighted by atomic mass is 16.2. The Morgan fingerprint density at radius 2 is 1.81 bits per heavy atom. The van der Waals surface area contributed by atoms with E-state index in [1.165, 1.54) is 5.56 Å². The topological polar surface area (TPSA) is 35.6 Å². The summed E-state index contributed by atoms with van der Waals surface area (Å²) in [5.74, 6) is 0. The van der Waals surface area contributed by atoms with Crippen molar-refractivity contribution in [1.82, 2.24) is 4.90 Å². The van der Waals surface area contributed by atoms with Gasteiger partial charge in [-0.15, -0.1) is 0 Å². The molecule has 2 aromatic rings. The molecule has 2 aromatic carbocycles. The van der Waals surface area contributed by atoms with Gasteiger partial charge in [-0.25, -0.2) is 4.79 Å². The highest BCUT2D eigenvalue weighted by Gasteiger charge is 2.29. The molecule has 1 heterocycles. The van der Waals surface area contributed by atoms with E-state index in [0.29, 0.717) is 0 Å². The van der Waals surface area contributed by atoms with Crippen molar-refractivity contribution in [2.45, 2.75) is 39.2 Å². The number of likely N-dealkylation sites (tertiary alicyclic amines) is 1. The van der Waals surface area contributed by atoms with Crippen molar-refractivity contribution in [3.8, 4) is 0 Å². The van der Waals surface area contributed by atoms with Crippen molar-refractivity contribution in [3.63, 3.8) is 0 Å². The molecule has 0 spiro atoms. The monoisotopic (exact) mass is 351 g/mol. The largest absolute Gasteiger partial charge is 0.378 e. The number of carbonyl (C=O) groups is 1. The zero-order valence-electron chi connectivity index (χ0n) is 16.2. The Morgan fingerprint density at radius 3 is 2.42 bits per heavy atom. The van der Waals surface area contributed by atoms with Crippen LogP contribution in [-0.2, 0) is 6.42 Å². The van der Waals surface area contributed by atoms with Gasteiger partial charge in [-0.2, -0.15) is 0 Å². The van der Waals surface area contributed by atoms with E-state index in [4.69, 9.17) is 0 Å². The smallest absolute Gasteiger partial charge is 0.322 e. The first-order valence-corrected chi connectivity index (χ1v) is 9.36. The third kappa shape index (κ3) is 4.01. The number of rotatable bonds is 4. The van der Waals surface area contributed by atoms with E-state index in [2.05, 4.69) is 60.5 Å². The quantitative estimate of drug-likeness (QED) is 0.873. The van der Waals surface area contributed by atoms with E-state index in [-0.39, 0.29) is 12.1 Å². The van der Waals surface area contributed by atoms with E-state index in [1.807, 2.05) is 25.1 Å². The Morgan fingerprint density at radius 1 is 1.15 bits per heavy atom. The van der Waals surface area contributed by atoms with Gasteiger partial charge in [-0.3, -0.25) is 0 Å². The van der Waals surface area contributed by atoms with Crippen LogP contribution in [0.4, 0.5) is 16.2 Å². The molecule has 0 saturated carbocycles. The molecular weight excluding hydrogens is 322 g/mol. The van der Waals surface area contributed by atoms with Crippen LogP contribution in [0.25, 0.3) is 0 Å². The molecule has 1 aliphatic rings. The average Bonchev–Trinajstić information content (AvgIpc) is 3.06. The molecular formula is C22H29N3O. The van der Waals surface area contributed by atoms with Crippen molar-refractivity contribution in [3.05, 3.63) is 59.2 Å². The summed E-state index contributed by atoms with van der Waals surface area (Å²) in [5, 5.41) is 3.17. The fourth-order valence-corrected chi connectivity index (χ4v) is 3.78. The lowest BCUT2D eigenvalue weighted by Crippen LogP contribution is -2.40. The molecule has 26 heavy (non-hydrogen) atoms. The molecule has 1 fully saturated rings. The fraction of sp³-hybridized carbons (Fsp3) is 0.409. The number of anilines is 2. The Labute approximate surface area is 156 Å². The summed E-state index contributed by atoms with van der Waals surface area (Å²) in [6.45, 7) is 4.94. The van der Waals surface area contributed by atoms with Crippen LogP contribution in [0, 0.1) is 13.8 Å². The SMILES string of the molecule is Cc1cc(N(C)C)cc(C)c1NC(=O)N1CCC[C@@H]1Cc1ccccc1. The molecule has 0 aliphatic carbocycles. The molecule has 138 valence electrons. The zero-order valence-corrected chi connectivity index (χ0v) is 16.2. The molecule has 1 atom stereocenters. The molecule has 0 radical (unpaired) electrons. The lowest BCUT2D eigenvalue weighted by Gasteiger charge is -2.26. The molecule has 3 rings (SSSR count). The lowest BCUT2D eigenvalue weighted by molar-refractivity contribution is 0.206. The van der Waals surface area contributed by atoms with E-state index >= 15 is 0 Å². The van der Waals surface area contributed by atoms with E-state index in [1.54, 1.807) is 0 Å². The van der Waals surface area contributed by atoms with Crippen molar-refractivity contribution >= 4 is 17.4 Å². The number of nitrogens with zero attached hydrogens (tertiary/aromatic N) is 2. The van der Waals surface area contributed by atoms with Crippen molar-refractivity contribution in [2.75, 3.05) is 30.9 Å². The first kappa shape index (κ1) is 18.3. The second-order valence-electron chi connectivity index (χ2n) is 7.46. The highest BCUT2D eigenvalue weighted by Crippen LogP contribution is 2.28. The Bertz CT molecular complexity index is 747. The van der Waals surface area contributed by atoms with Crippen molar-refractivity contribution < 1.29 is 4.79 Å². The van der Waals surface area contributed by atoms with Gasteiger partial charge >= 0.3 is 6.03 Å². The van der Waals surface area contributed by atoms with Gasteiger partial charge in [-0.05, 0) is 61.9 Å². The molecule has 0 aromatic heterocycles. The average molecular weight is 351 g/mol. The van der Waals surface area contributed by atoms with Gasteiger partial charge in [0.05, 0.1) is 0 Å². The third-order valence-corrected chi connectivity index (χ3v) is 5.22. The van der Waals surface area contributed by atoms with Crippen LogP contribution in [0.5, 0.6) is 0 Å². The number of urea groups is 1. The summed E-state index contributed by atoms with van der Waals surface area (Å²) in [5.41, 5.74) is 5.58. The molecule has 1 N–H and O–H groups in total. The predicted molar refractivity (Wildman–Crippen MR) is 109 cm³/mol. The first-order chi connectivity index (χ1) is 12.5. The van der Waals surface area contributed by atoms with E-state index < -0.39 is 0 Å². The number of aryl methyl sites for hydroxylation is 2. The van der Waals surface area contributed by atoms with Crippen LogP contribution in [-0.4, -0.2) is 37.6 Å². The number of carbonyl (C=O) groups excluding carboxylic acids is 1. The molecule has 0 bridgehead atoms. The maximum absolute atomic E-state index is 12.9. The van der Waals surface area contributed by atoms with Crippen LogP contribution in [0.15, 0.2) is 42.5 Å². The fourth-order valence-electron chi connectivity index (χ4n) is 3.78. The normalized spacial score (nSPS) is 16.6. The number of amides is 2. The van der Waals surface area contributed by atoms with Gasteiger partial charge in [0.2, 0.25) is 0 Å². The number of benzene rings is 2. The van der Waals surface area contributed by atoms with Crippen LogP contribution < -0.4 is 10.2 Å². The second-order valence-corrected chi connectivity index (χ2v) is 7.46. The van der Waals surface area contributed by atoms with Crippen LogP contribution >= 0.6 is 0 Å². The summed E-state index contributed by atoms with van der Waals surface area (Å²) < 4.78 is 0. The Hall–Kier alpha value is -2.49. The van der Waals surface area contributed by atoms with E-state index in [9.17, 15) is 4.79 Å². The van der Waals surface area contributed by atoms with Gasteiger partial charge in [0.25, 0.3) is 0 Å². The van der Waals surface area contributed by atoms with Gasteiger partial charge in [-0.1, -0.05) is 30.3 Å². The predicted octanol–water partition coefficient (Wildman–Crippen LogP) is 4.61. The molecule has 1 saturated heterocycles. The minimum atomic E-state index is 0.0206. The number of hydrogen-bond acceptors (Lipinski definition) is 2. The zero-order chi connectivity index (χ0) is 18.7. The first-order valence-electron chi connectivity index (χ1n) is 9.36. The lowest BCUT2D eigenvalue weighted by atomic mass is 10.0. The maximum Gasteiger partial charge on any atom is 0.322 e.